The van der Waals surface area contributed by atoms with Crippen molar-refractivity contribution in [3.05, 3.63) is 85.0 Å². The van der Waals surface area contributed by atoms with Gasteiger partial charge in [-0.25, -0.2) is 5.01 Å². The lowest BCUT2D eigenvalue weighted by atomic mass is 10.1. The zero-order chi connectivity index (χ0) is 20.2. The Kier molecular flexibility index (Phi) is 5.24. The molecule has 0 fully saturated rings. The summed E-state index contributed by atoms with van der Waals surface area (Å²) >= 11 is 0. The molecule has 0 spiro atoms. The van der Waals surface area contributed by atoms with Crippen LogP contribution in [-0.2, 0) is 0 Å². The molecule has 3 aromatic rings. The molecule has 29 heavy (non-hydrogen) atoms. The van der Waals surface area contributed by atoms with E-state index in [9.17, 15) is 0 Å². The van der Waals surface area contributed by atoms with E-state index in [-0.39, 0.29) is 0 Å². The second-order valence-electron chi connectivity index (χ2n) is 6.30. The molecule has 0 atom stereocenters. The first-order valence-electron chi connectivity index (χ1n) is 9.09. The highest BCUT2D eigenvalue weighted by Crippen LogP contribution is 2.31. The Labute approximate surface area is 170 Å². The summed E-state index contributed by atoms with van der Waals surface area (Å²) in [5.74, 6) is 3.14. The highest BCUT2D eigenvalue weighted by atomic mass is 16.5. The molecule has 0 aromatic heterocycles. The maximum atomic E-state index is 5.28. The van der Waals surface area contributed by atoms with E-state index < -0.39 is 0 Å². The Balaban J connectivity index is 1.70. The van der Waals surface area contributed by atoms with Crippen LogP contribution in [0.25, 0.3) is 0 Å². The van der Waals surface area contributed by atoms with Gasteiger partial charge >= 0.3 is 0 Å². The second-order valence-corrected chi connectivity index (χ2v) is 6.30. The van der Waals surface area contributed by atoms with Crippen LogP contribution in [0.2, 0.25) is 0 Å². The number of rotatable bonds is 6. The zero-order valence-corrected chi connectivity index (χ0v) is 16.5. The molecular weight excluding hydrogens is 366 g/mol. The van der Waals surface area contributed by atoms with Crippen molar-refractivity contribution in [3.8, 4) is 17.2 Å². The number of hydrogen-bond acceptors (Lipinski definition) is 6. The highest BCUT2D eigenvalue weighted by molar-refractivity contribution is 6.13. The molecule has 0 aliphatic carbocycles. The molecule has 1 aliphatic rings. The van der Waals surface area contributed by atoms with E-state index in [2.05, 4.69) is 6.67 Å². The van der Waals surface area contributed by atoms with Crippen LogP contribution in [0.15, 0.2) is 77.9 Å². The minimum absolute atomic E-state index is 0.758. The van der Waals surface area contributed by atoms with Crippen LogP contribution in [0.3, 0.4) is 0 Å². The summed E-state index contributed by atoms with van der Waals surface area (Å²) in [6, 6.07) is 23.3. The molecule has 0 N–H and O–H groups in total. The number of anilines is 2. The largest absolute Gasteiger partial charge is 0.497 e. The molecule has 0 unspecified atom stereocenters. The lowest BCUT2D eigenvalue weighted by molar-refractivity contribution is 0.414. The van der Waals surface area contributed by atoms with Crippen LogP contribution >= 0.6 is 0 Å². The predicted octanol–water partition coefficient (Wildman–Crippen LogP) is 4.40. The monoisotopic (exact) mass is 387 g/mol. The van der Waals surface area contributed by atoms with Crippen molar-refractivity contribution in [2.45, 2.75) is 0 Å². The molecule has 3 aromatic carbocycles. The Morgan fingerprint density at radius 3 is 1.55 bits per heavy atom. The molecule has 0 saturated heterocycles. The summed E-state index contributed by atoms with van der Waals surface area (Å²) in [6.07, 6.45) is 0. The van der Waals surface area contributed by atoms with Gasteiger partial charge in [-0.3, -0.25) is 4.90 Å². The third-order valence-electron chi connectivity index (χ3n) is 4.60. The summed E-state index contributed by atoms with van der Waals surface area (Å²) in [5.41, 5.74) is 2.76. The molecule has 6 nitrogen and oxygen atoms in total. The molecule has 1 heterocycles. The number of benzene rings is 3. The van der Waals surface area contributed by atoms with Gasteiger partial charge in [-0.15, -0.1) is 0 Å². The SMILES string of the molecule is COc1ccc(C2=NN(c3ccc(OC)cc3)[C]N2c2ccc(OC)cc2)cc1. The van der Waals surface area contributed by atoms with Gasteiger partial charge in [-0.2, -0.15) is 5.10 Å². The van der Waals surface area contributed by atoms with Crippen molar-refractivity contribution in [1.29, 1.82) is 0 Å². The van der Waals surface area contributed by atoms with Crippen LogP contribution in [0.1, 0.15) is 5.56 Å². The first-order valence-corrected chi connectivity index (χ1v) is 9.09. The Morgan fingerprint density at radius 1 is 0.621 bits per heavy atom. The van der Waals surface area contributed by atoms with Crippen LogP contribution in [0.5, 0.6) is 17.2 Å². The first-order chi connectivity index (χ1) is 14.2. The highest BCUT2D eigenvalue weighted by Gasteiger charge is 2.28. The summed E-state index contributed by atoms with van der Waals surface area (Å²) in [6.45, 7) is 3.33. The van der Waals surface area contributed by atoms with Gasteiger partial charge in [0.15, 0.2) is 5.84 Å². The summed E-state index contributed by atoms with van der Waals surface area (Å²) in [5, 5.41) is 6.52. The normalized spacial score (nSPS) is 13.3. The van der Waals surface area contributed by atoms with Gasteiger partial charge in [0.05, 0.1) is 27.0 Å². The third-order valence-corrected chi connectivity index (χ3v) is 4.60. The van der Waals surface area contributed by atoms with Crippen molar-refractivity contribution in [3.63, 3.8) is 0 Å². The van der Waals surface area contributed by atoms with Crippen molar-refractivity contribution in [1.82, 2.24) is 0 Å². The van der Waals surface area contributed by atoms with Crippen molar-refractivity contribution < 1.29 is 14.2 Å². The Morgan fingerprint density at radius 2 is 1.07 bits per heavy atom. The van der Waals surface area contributed by atoms with Gasteiger partial charge < -0.3 is 14.2 Å². The minimum atomic E-state index is 0.758. The standard InChI is InChI=1S/C23H21N3O3/c1-27-20-10-4-17(5-11-20)23-24-26(19-8-14-22(29-3)15-9-19)16-25(23)18-6-12-21(28-2)13-7-18/h4-15H,1-3H3. The van der Waals surface area contributed by atoms with Gasteiger partial charge in [0.25, 0.3) is 0 Å². The summed E-state index contributed by atoms with van der Waals surface area (Å²) in [4.78, 5) is 1.92. The average molecular weight is 387 g/mol. The lowest BCUT2D eigenvalue weighted by Crippen LogP contribution is -2.26. The molecule has 0 amide bonds. The van der Waals surface area contributed by atoms with Crippen molar-refractivity contribution >= 4 is 17.2 Å². The maximum absolute atomic E-state index is 5.28. The molecule has 4 rings (SSSR count). The van der Waals surface area contributed by atoms with E-state index >= 15 is 0 Å². The summed E-state index contributed by atoms with van der Waals surface area (Å²) < 4.78 is 15.8. The maximum Gasteiger partial charge on any atom is 0.237 e. The topological polar surface area (TPSA) is 46.5 Å². The fraction of sp³-hybridized carbons (Fsp3) is 0.130. The lowest BCUT2D eigenvalue weighted by Gasteiger charge is -2.20. The Bertz CT molecular complexity index is 983. The first kappa shape index (κ1) is 18.7. The Hall–Kier alpha value is -3.67. The molecule has 146 valence electrons. The zero-order valence-electron chi connectivity index (χ0n) is 16.5. The molecule has 6 heteroatoms. The molecule has 0 saturated carbocycles. The molecule has 2 radical (unpaired) electrons. The van der Waals surface area contributed by atoms with E-state index in [4.69, 9.17) is 19.3 Å². The van der Waals surface area contributed by atoms with E-state index in [0.717, 1.165) is 40.0 Å². The fourth-order valence-electron chi connectivity index (χ4n) is 2.98. The van der Waals surface area contributed by atoms with E-state index in [0.29, 0.717) is 0 Å². The van der Waals surface area contributed by atoms with E-state index in [1.807, 2.05) is 77.7 Å². The van der Waals surface area contributed by atoms with Crippen LogP contribution in [0, 0.1) is 6.67 Å². The van der Waals surface area contributed by atoms with E-state index in [1.165, 1.54) is 0 Å². The van der Waals surface area contributed by atoms with Gasteiger partial charge in [0.2, 0.25) is 6.67 Å². The van der Waals surface area contributed by atoms with Gasteiger partial charge in [-0.05, 0) is 72.8 Å². The smallest absolute Gasteiger partial charge is 0.237 e. The number of methoxy groups -OCH3 is 3. The van der Waals surface area contributed by atoms with Gasteiger partial charge in [-0.1, -0.05) is 0 Å². The minimum Gasteiger partial charge on any atom is -0.497 e. The second kappa shape index (κ2) is 8.14. The number of amidine groups is 1. The predicted molar refractivity (Wildman–Crippen MR) is 114 cm³/mol. The van der Waals surface area contributed by atoms with Crippen LogP contribution in [0.4, 0.5) is 11.4 Å². The molecule has 0 bridgehead atoms. The number of hydrogen-bond donors (Lipinski definition) is 0. The molecule has 1 aliphatic heterocycles. The number of nitrogens with zero attached hydrogens (tertiary/aromatic N) is 3. The van der Waals surface area contributed by atoms with Crippen LogP contribution in [-0.4, -0.2) is 27.2 Å². The van der Waals surface area contributed by atoms with Gasteiger partial charge in [0, 0.05) is 11.3 Å². The molecular formula is C23H21N3O3. The number of ether oxygens (including phenoxy) is 3. The third kappa shape index (κ3) is 3.82. The van der Waals surface area contributed by atoms with Crippen molar-refractivity contribution in [2.75, 3.05) is 31.2 Å². The van der Waals surface area contributed by atoms with Crippen LogP contribution < -0.4 is 24.1 Å². The quantitative estimate of drug-likeness (QED) is 0.627. The fourth-order valence-corrected chi connectivity index (χ4v) is 2.98. The summed E-state index contributed by atoms with van der Waals surface area (Å²) in [7, 11) is 4.95. The number of hydrazone groups is 1. The average Bonchev–Trinajstić information content (AvgIpc) is 3.24. The van der Waals surface area contributed by atoms with Gasteiger partial charge in [0.1, 0.15) is 17.2 Å². The van der Waals surface area contributed by atoms with E-state index in [1.54, 1.807) is 26.3 Å². The van der Waals surface area contributed by atoms with Crippen molar-refractivity contribution in [2.24, 2.45) is 5.10 Å².